The lowest BCUT2D eigenvalue weighted by Gasteiger charge is -2.29. The number of carboxylic acid groups (broad SMARTS) is 1. The van der Waals surface area contributed by atoms with E-state index in [1.54, 1.807) is 36.5 Å². The van der Waals surface area contributed by atoms with E-state index in [0.717, 1.165) is 25.7 Å². The number of carbonyl (C=O) groups is 4. The lowest BCUT2D eigenvalue weighted by molar-refractivity contribution is -0.153. The molecule has 1 aromatic heterocycles. The number of hydrogen-bond donors (Lipinski definition) is 2. The molecule has 0 radical (unpaired) electrons. The largest absolute Gasteiger partial charge is 0.481 e. The van der Waals surface area contributed by atoms with E-state index in [1.807, 2.05) is 0 Å². The average molecular weight is 570 g/mol. The van der Waals surface area contributed by atoms with E-state index in [4.69, 9.17) is 15.6 Å². The van der Waals surface area contributed by atoms with Crippen molar-refractivity contribution in [1.82, 2.24) is 4.98 Å². The van der Waals surface area contributed by atoms with E-state index >= 15 is 0 Å². The highest BCUT2D eigenvalue weighted by Gasteiger charge is 2.31. The molecular formula is C32H47N3O6. The van der Waals surface area contributed by atoms with Crippen LogP contribution in [0.1, 0.15) is 110 Å². The second-order valence-electron chi connectivity index (χ2n) is 10.7. The maximum absolute atomic E-state index is 13.5. The highest BCUT2D eigenvalue weighted by molar-refractivity contribution is 6.00. The van der Waals surface area contributed by atoms with Crippen molar-refractivity contribution in [3.05, 3.63) is 36.5 Å². The summed E-state index contributed by atoms with van der Waals surface area (Å²) < 4.78 is 5.79. The number of ether oxygens (including phenoxy) is 1. The van der Waals surface area contributed by atoms with Crippen LogP contribution in [-0.2, 0) is 23.9 Å². The number of aromatic nitrogens is 1. The first kappa shape index (κ1) is 33.7. The number of primary amides is 1. The van der Waals surface area contributed by atoms with Gasteiger partial charge in [-0.05, 0) is 49.9 Å². The van der Waals surface area contributed by atoms with Crippen molar-refractivity contribution in [1.29, 1.82) is 0 Å². The fourth-order valence-electron chi connectivity index (χ4n) is 5.13. The molecule has 1 aromatic carbocycles. The minimum Gasteiger partial charge on any atom is -0.481 e. The number of unbranched alkanes of at least 4 members (excludes halogenated alkanes) is 10. The van der Waals surface area contributed by atoms with Crippen LogP contribution in [0.15, 0.2) is 36.5 Å². The maximum atomic E-state index is 13.5. The van der Waals surface area contributed by atoms with E-state index in [-0.39, 0.29) is 25.7 Å². The molecule has 0 saturated heterocycles. The predicted octanol–water partition coefficient (Wildman–Crippen LogP) is 6.31. The van der Waals surface area contributed by atoms with Gasteiger partial charge in [-0.2, -0.15) is 0 Å². The van der Waals surface area contributed by atoms with Crippen LogP contribution in [0, 0.1) is 0 Å². The molecule has 0 bridgehead atoms. The molecule has 0 unspecified atom stereocenters. The molecule has 1 heterocycles. The molecule has 0 spiro atoms. The van der Waals surface area contributed by atoms with Gasteiger partial charge in [-0.1, -0.05) is 77.2 Å². The summed E-state index contributed by atoms with van der Waals surface area (Å²) in [6, 6.07) is 7.73. The number of carbonyl (C=O) groups excluding carboxylic acids is 3. The van der Waals surface area contributed by atoms with E-state index in [0.29, 0.717) is 29.4 Å². The SMILES string of the molecule is CCCCCCCCCCCCC[C@@H](CC(N)=O)OC(=O)[C@H](CCCC(=O)O)N(C=O)c1cccc2ncccc12. The number of hydrogen-bond acceptors (Lipinski definition) is 6. The third-order valence-corrected chi connectivity index (χ3v) is 7.33. The van der Waals surface area contributed by atoms with Crippen molar-refractivity contribution >= 4 is 40.8 Å². The molecule has 2 rings (SSSR count). The van der Waals surface area contributed by atoms with Crippen LogP contribution in [-0.4, -0.2) is 46.5 Å². The Morgan fingerprint density at radius 2 is 1.59 bits per heavy atom. The number of pyridine rings is 1. The summed E-state index contributed by atoms with van der Waals surface area (Å²) in [7, 11) is 0. The van der Waals surface area contributed by atoms with E-state index < -0.39 is 30.0 Å². The molecule has 41 heavy (non-hydrogen) atoms. The number of aliphatic carboxylic acids is 1. The average Bonchev–Trinajstić information content (AvgIpc) is 2.95. The zero-order valence-corrected chi connectivity index (χ0v) is 24.5. The molecule has 3 N–H and O–H groups in total. The lowest BCUT2D eigenvalue weighted by atomic mass is 10.0. The molecule has 0 aliphatic carbocycles. The fraction of sp³-hybridized carbons (Fsp3) is 0.594. The highest BCUT2D eigenvalue weighted by Crippen LogP contribution is 2.28. The van der Waals surface area contributed by atoms with Crippen LogP contribution < -0.4 is 10.6 Å². The highest BCUT2D eigenvalue weighted by atomic mass is 16.5. The first-order valence-electron chi connectivity index (χ1n) is 15.1. The molecular weight excluding hydrogens is 522 g/mol. The van der Waals surface area contributed by atoms with Crippen molar-refractivity contribution in [3.63, 3.8) is 0 Å². The first-order valence-corrected chi connectivity index (χ1v) is 15.1. The molecule has 9 nitrogen and oxygen atoms in total. The van der Waals surface area contributed by atoms with E-state index in [1.165, 1.54) is 49.8 Å². The van der Waals surface area contributed by atoms with Crippen molar-refractivity contribution in [2.45, 2.75) is 122 Å². The number of nitrogens with two attached hydrogens (primary N) is 1. The monoisotopic (exact) mass is 569 g/mol. The summed E-state index contributed by atoms with van der Waals surface area (Å²) in [6.07, 6.45) is 14.9. The van der Waals surface area contributed by atoms with E-state index in [2.05, 4.69) is 11.9 Å². The predicted molar refractivity (Wildman–Crippen MR) is 160 cm³/mol. The standard InChI is InChI=1S/C32H47N3O6/c1-2-3-4-5-6-7-8-9-10-11-12-16-25(23-30(33)37)41-32(40)29(20-14-21-31(38)39)35(24-36)28-19-13-18-27-26(28)17-15-22-34-27/h13,15,17-19,22,24-25,29H,2-12,14,16,20-21,23H2,1H3,(H2,33,37)(H,38,39)/t25-,29-/m0/s1. The lowest BCUT2D eigenvalue weighted by Crippen LogP contribution is -2.43. The fourth-order valence-corrected chi connectivity index (χ4v) is 5.13. The van der Waals surface area contributed by atoms with Crippen molar-refractivity contribution < 1.29 is 29.0 Å². The molecule has 0 aliphatic rings. The van der Waals surface area contributed by atoms with Gasteiger partial charge < -0.3 is 20.5 Å². The van der Waals surface area contributed by atoms with Gasteiger partial charge in [0.15, 0.2) is 0 Å². The summed E-state index contributed by atoms with van der Waals surface area (Å²) in [5.74, 6) is -2.24. The molecule has 0 aliphatic heterocycles. The molecule has 226 valence electrons. The smallest absolute Gasteiger partial charge is 0.329 e. The number of esters is 1. The molecule has 0 saturated carbocycles. The minimum atomic E-state index is -1.06. The Hall–Kier alpha value is -3.49. The summed E-state index contributed by atoms with van der Waals surface area (Å²) in [6.45, 7) is 2.22. The van der Waals surface area contributed by atoms with Crippen LogP contribution in [0.3, 0.4) is 0 Å². The second-order valence-corrected chi connectivity index (χ2v) is 10.7. The Bertz CT molecular complexity index is 1090. The van der Waals surface area contributed by atoms with Gasteiger partial charge in [0.2, 0.25) is 12.3 Å². The Kier molecular flexibility index (Phi) is 16.1. The minimum absolute atomic E-state index is 0.0856. The number of nitrogens with zero attached hydrogens (tertiary/aromatic N) is 2. The van der Waals surface area contributed by atoms with Crippen LogP contribution in [0.25, 0.3) is 10.9 Å². The van der Waals surface area contributed by atoms with Crippen LogP contribution in [0.2, 0.25) is 0 Å². The van der Waals surface area contributed by atoms with Crippen molar-refractivity contribution in [2.75, 3.05) is 4.90 Å². The number of carboxylic acids is 1. The van der Waals surface area contributed by atoms with Gasteiger partial charge >= 0.3 is 11.9 Å². The Morgan fingerprint density at radius 3 is 2.20 bits per heavy atom. The number of amides is 2. The van der Waals surface area contributed by atoms with Gasteiger partial charge in [-0.15, -0.1) is 0 Å². The van der Waals surface area contributed by atoms with Crippen molar-refractivity contribution in [3.8, 4) is 0 Å². The Labute approximate surface area is 243 Å². The molecule has 2 aromatic rings. The molecule has 0 fully saturated rings. The zero-order valence-electron chi connectivity index (χ0n) is 24.5. The number of fused-ring (bicyclic) bond motifs is 1. The molecule has 9 heteroatoms. The summed E-state index contributed by atoms with van der Waals surface area (Å²) in [5.41, 5.74) is 6.58. The molecule has 2 atom stereocenters. The molecule has 2 amide bonds. The van der Waals surface area contributed by atoms with Gasteiger partial charge in [0.25, 0.3) is 0 Å². The van der Waals surface area contributed by atoms with Gasteiger partial charge in [-0.25, -0.2) is 4.79 Å². The Balaban J connectivity index is 2.02. The van der Waals surface area contributed by atoms with Gasteiger partial charge in [0.05, 0.1) is 17.6 Å². The third kappa shape index (κ3) is 12.7. The normalized spacial score (nSPS) is 12.5. The zero-order chi connectivity index (χ0) is 29.9. The first-order chi connectivity index (χ1) is 19.9. The number of rotatable bonds is 23. The van der Waals surface area contributed by atoms with Crippen LogP contribution >= 0.6 is 0 Å². The van der Waals surface area contributed by atoms with Crippen LogP contribution in [0.5, 0.6) is 0 Å². The van der Waals surface area contributed by atoms with Gasteiger partial charge in [0.1, 0.15) is 12.1 Å². The quantitative estimate of drug-likeness (QED) is 0.0908. The number of benzene rings is 1. The number of anilines is 1. The van der Waals surface area contributed by atoms with Gasteiger partial charge in [0, 0.05) is 18.0 Å². The van der Waals surface area contributed by atoms with Crippen molar-refractivity contribution in [2.24, 2.45) is 5.73 Å². The van der Waals surface area contributed by atoms with E-state index in [9.17, 15) is 19.2 Å². The Morgan fingerprint density at radius 1 is 0.927 bits per heavy atom. The summed E-state index contributed by atoms with van der Waals surface area (Å²) >= 11 is 0. The van der Waals surface area contributed by atoms with Gasteiger partial charge in [-0.3, -0.25) is 19.4 Å². The maximum Gasteiger partial charge on any atom is 0.329 e. The third-order valence-electron chi connectivity index (χ3n) is 7.33. The second kappa shape index (κ2) is 19.6. The van der Waals surface area contributed by atoms with Crippen LogP contribution in [0.4, 0.5) is 5.69 Å². The summed E-state index contributed by atoms with van der Waals surface area (Å²) in [4.78, 5) is 54.3. The summed E-state index contributed by atoms with van der Waals surface area (Å²) in [5, 5.41) is 9.81. The topological polar surface area (TPSA) is 140 Å².